The summed E-state index contributed by atoms with van der Waals surface area (Å²) < 4.78 is 0. The third-order valence-electron chi connectivity index (χ3n) is 7.75. The molecule has 0 aliphatic rings. The fourth-order valence-corrected chi connectivity index (χ4v) is 5.41. The molecule has 216 valence electrons. The van der Waals surface area contributed by atoms with Gasteiger partial charge >= 0.3 is 0 Å². The predicted octanol–water partition coefficient (Wildman–Crippen LogP) is 9.50. The molecule has 0 fully saturated rings. The van der Waals surface area contributed by atoms with Crippen molar-refractivity contribution in [2.24, 2.45) is 11.5 Å². The van der Waals surface area contributed by atoms with Crippen molar-refractivity contribution < 1.29 is 17.1 Å². The van der Waals surface area contributed by atoms with Crippen LogP contribution < -0.4 is 11.5 Å². The Bertz CT molecular complexity index is 881. The first-order chi connectivity index (χ1) is 17.2. The van der Waals surface area contributed by atoms with Crippen LogP contribution in [0, 0.1) is 0 Å². The molecule has 0 aliphatic heterocycles. The normalized spacial score (nSPS) is 13.8. The first-order valence-electron chi connectivity index (χ1n) is 14.7. The van der Waals surface area contributed by atoms with E-state index in [1.807, 2.05) is 0 Å². The first-order valence-corrected chi connectivity index (χ1v) is 14.7. The van der Waals surface area contributed by atoms with Gasteiger partial charge in [0, 0.05) is 29.2 Å². The molecule has 2 aromatic rings. The van der Waals surface area contributed by atoms with E-state index in [1.54, 1.807) is 0 Å². The van der Waals surface area contributed by atoms with Crippen molar-refractivity contribution in [3.8, 4) is 0 Å². The minimum atomic E-state index is -0.124. The smallest absolute Gasteiger partial charge is 0.0110 e. The van der Waals surface area contributed by atoms with Crippen LogP contribution in [0.15, 0.2) is 24.3 Å². The molecular formula is C34H56FeN3-. The van der Waals surface area contributed by atoms with Crippen LogP contribution in [0.3, 0.4) is 0 Å². The zero-order valence-corrected chi connectivity index (χ0v) is 27.4. The average Bonchev–Trinajstić information content (AvgIpc) is 2.81. The van der Waals surface area contributed by atoms with E-state index in [4.69, 9.17) is 16.8 Å². The number of rotatable bonds is 12. The maximum atomic E-state index is 6.90. The van der Waals surface area contributed by atoms with Gasteiger partial charge in [0.2, 0.25) is 0 Å². The molecule has 0 amide bonds. The van der Waals surface area contributed by atoms with Crippen LogP contribution in [0.1, 0.15) is 175 Å². The molecule has 0 aliphatic carbocycles. The molecule has 0 saturated carbocycles. The molecule has 3 nitrogen and oxygen atoms in total. The number of benzene rings is 2. The van der Waals surface area contributed by atoms with Crippen molar-refractivity contribution >= 4 is 0 Å². The van der Waals surface area contributed by atoms with Gasteiger partial charge in [-0.2, -0.15) is 0 Å². The van der Waals surface area contributed by atoms with Gasteiger partial charge in [-0.15, -0.1) is 13.1 Å². The van der Waals surface area contributed by atoms with Gasteiger partial charge in [-0.3, -0.25) is 0 Å². The monoisotopic (exact) mass is 562 g/mol. The summed E-state index contributed by atoms with van der Waals surface area (Å²) in [5.74, 6) is 2.66. The molecule has 2 atom stereocenters. The van der Waals surface area contributed by atoms with Crippen LogP contribution in [0.4, 0.5) is 0 Å². The van der Waals surface area contributed by atoms with Gasteiger partial charge < -0.3 is 16.8 Å². The van der Waals surface area contributed by atoms with Crippen LogP contribution in [0.5, 0.6) is 0 Å². The van der Waals surface area contributed by atoms with E-state index in [0.29, 0.717) is 48.6 Å². The largest absolute Gasteiger partial charge is 0.659 e. The zero-order valence-electron chi connectivity index (χ0n) is 26.3. The molecule has 0 heterocycles. The maximum Gasteiger partial charge on any atom is 0.0110 e. The summed E-state index contributed by atoms with van der Waals surface area (Å²) in [4.78, 5) is 0. The van der Waals surface area contributed by atoms with Crippen LogP contribution in [-0.4, -0.2) is 13.1 Å². The van der Waals surface area contributed by atoms with E-state index in [1.165, 1.54) is 44.5 Å². The Balaban J connectivity index is 0.00000722. The minimum absolute atomic E-state index is 0. The second kappa shape index (κ2) is 15.0. The van der Waals surface area contributed by atoms with Crippen molar-refractivity contribution in [3.63, 3.8) is 0 Å². The molecule has 4 N–H and O–H groups in total. The molecule has 0 radical (unpaired) electrons. The Morgan fingerprint density at radius 1 is 0.474 bits per heavy atom. The standard InChI is InChI=1S/C34H56N3.Fe/c1-19(2)25-13-27(21(5)6)33(28(14-25)22(7)8)31(35)17-37-18-32(36)34-29(23(9)10)15-26(20(3)4)16-30(34)24(11)12;/h13-16,19-24,31-32H,17-18,35-36H2,1-12H3;/q-1;. The van der Waals surface area contributed by atoms with Crippen LogP contribution in [-0.2, 0) is 17.1 Å². The third kappa shape index (κ3) is 8.42. The quantitative estimate of drug-likeness (QED) is 0.253. The molecule has 4 heteroatoms. The number of hydrogen-bond donors (Lipinski definition) is 2. The summed E-state index contributed by atoms with van der Waals surface area (Å²) in [7, 11) is 0. The second-order valence-corrected chi connectivity index (χ2v) is 13.0. The van der Waals surface area contributed by atoms with Crippen LogP contribution in [0.25, 0.3) is 5.32 Å². The van der Waals surface area contributed by atoms with Gasteiger partial charge in [0.15, 0.2) is 0 Å². The van der Waals surface area contributed by atoms with E-state index in [9.17, 15) is 0 Å². The Morgan fingerprint density at radius 3 is 0.895 bits per heavy atom. The second-order valence-electron chi connectivity index (χ2n) is 13.0. The Labute approximate surface area is 245 Å². The van der Waals surface area contributed by atoms with Crippen molar-refractivity contribution in [3.05, 3.63) is 74.1 Å². The summed E-state index contributed by atoms with van der Waals surface area (Å²) >= 11 is 0. The van der Waals surface area contributed by atoms with Crippen molar-refractivity contribution in [1.29, 1.82) is 0 Å². The first kappa shape index (κ1) is 34.9. The summed E-state index contributed by atoms with van der Waals surface area (Å²) in [6, 6.07) is 9.26. The van der Waals surface area contributed by atoms with E-state index in [0.717, 1.165) is 0 Å². The molecule has 38 heavy (non-hydrogen) atoms. The number of nitrogens with two attached hydrogens (primary N) is 2. The molecule has 2 unspecified atom stereocenters. The third-order valence-corrected chi connectivity index (χ3v) is 7.75. The Hall–Kier alpha value is -1.16. The molecule has 0 aromatic heterocycles. The number of nitrogens with zero attached hydrogens (tertiary/aromatic N) is 1. The van der Waals surface area contributed by atoms with Crippen LogP contribution >= 0.6 is 0 Å². The summed E-state index contributed by atoms with van der Waals surface area (Å²) in [5, 5.41) is 4.99. The fraction of sp³-hybridized carbons (Fsp3) is 0.647. The summed E-state index contributed by atoms with van der Waals surface area (Å²) in [6.45, 7) is 28.4. The fourth-order valence-electron chi connectivity index (χ4n) is 5.41. The van der Waals surface area contributed by atoms with E-state index >= 15 is 0 Å². The van der Waals surface area contributed by atoms with E-state index in [2.05, 4.69) is 107 Å². The van der Waals surface area contributed by atoms with E-state index < -0.39 is 0 Å². The van der Waals surface area contributed by atoms with E-state index in [-0.39, 0.29) is 29.2 Å². The molecule has 2 aromatic carbocycles. The van der Waals surface area contributed by atoms with Gasteiger partial charge in [-0.05, 0) is 80.0 Å². The Morgan fingerprint density at radius 2 is 0.711 bits per heavy atom. The van der Waals surface area contributed by atoms with Gasteiger partial charge in [-0.25, -0.2) is 0 Å². The molecule has 0 saturated heterocycles. The molecular weight excluding hydrogens is 506 g/mol. The van der Waals surface area contributed by atoms with Crippen molar-refractivity contribution in [1.82, 2.24) is 0 Å². The van der Waals surface area contributed by atoms with Gasteiger partial charge in [-0.1, -0.05) is 107 Å². The van der Waals surface area contributed by atoms with Gasteiger partial charge in [0.05, 0.1) is 0 Å². The zero-order chi connectivity index (χ0) is 28.2. The predicted molar refractivity (Wildman–Crippen MR) is 164 cm³/mol. The van der Waals surface area contributed by atoms with Gasteiger partial charge in [0.25, 0.3) is 0 Å². The number of hydrogen-bond acceptors (Lipinski definition) is 2. The summed E-state index contributed by atoms with van der Waals surface area (Å²) in [6.07, 6.45) is 0. The minimum Gasteiger partial charge on any atom is -0.659 e. The topological polar surface area (TPSA) is 66.1 Å². The molecule has 0 spiro atoms. The van der Waals surface area contributed by atoms with Crippen molar-refractivity contribution in [2.75, 3.05) is 13.1 Å². The van der Waals surface area contributed by atoms with Gasteiger partial charge in [0.1, 0.15) is 0 Å². The van der Waals surface area contributed by atoms with Crippen LogP contribution in [0.2, 0.25) is 0 Å². The summed E-state index contributed by atoms with van der Waals surface area (Å²) in [5.41, 5.74) is 24.7. The molecule has 2 rings (SSSR count). The van der Waals surface area contributed by atoms with Crippen molar-refractivity contribution in [2.45, 2.75) is 131 Å². The SMILES string of the molecule is CC(C)c1cc(C(C)C)c(C(N)C[N-]CC(N)c2c(C(C)C)cc(C(C)C)cc2C(C)C)c(C(C)C)c1.[Fe]. The molecule has 0 bridgehead atoms. The Kier molecular flexibility index (Phi) is 13.8. The average molecular weight is 563 g/mol. The maximum absolute atomic E-state index is 6.90.